The second-order valence-electron chi connectivity index (χ2n) is 6.69. The molecule has 0 rings (SSSR count). The second-order valence-corrected chi connectivity index (χ2v) is 6.69. The Labute approximate surface area is 99.7 Å². The van der Waals surface area contributed by atoms with Crippen LogP contribution in [0.2, 0.25) is 0 Å². The molecule has 16 heavy (non-hydrogen) atoms. The monoisotopic (exact) mass is 229 g/mol. The van der Waals surface area contributed by atoms with E-state index >= 15 is 0 Å². The molecule has 1 unspecified atom stereocenters. The van der Waals surface area contributed by atoms with Crippen molar-refractivity contribution in [3.63, 3.8) is 0 Å². The van der Waals surface area contributed by atoms with E-state index in [1.165, 1.54) is 0 Å². The predicted molar refractivity (Wildman–Crippen MR) is 67.1 cm³/mol. The summed E-state index contributed by atoms with van der Waals surface area (Å²) in [6.07, 6.45) is 0.816. The molecule has 1 atom stereocenters. The molecule has 0 aliphatic heterocycles. The van der Waals surface area contributed by atoms with E-state index in [2.05, 4.69) is 20.8 Å². The first kappa shape index (κ1) is 15.4. The average molecular weight is 229 g/mol. The summed E-state index contributed by atoms with van der Waals surface area (Å²) in [6.45, 7) is 14.1. The Morgan fingerprint density at radius 2 is 1.62 bits per heavy atom. The van der Waals surface area contributed by atoms with E-state index in [-0.39, 0.29) is 17.3 Å². The Hall–Kier alpha value is -0.570. The van der Waals surface area contributed by atoms with Gasteiger partial charge >= 0.3 is 5.97 Å². The molecule has 0 saturated carbocycles. The summed E-state index contributed by atoms with van der Waals surface area (Å²) in [7, 11) is 0. The van der Waals surface area contributed by atoms with Crippen LogP contribution in [-0.4, -0.2) is 17.6 Å². The molecule has 0 bridgehead atoms. The zero-order valence-electron chi connectivity index (χ0n) is 11.8. The predicted octanol–water partition coefficient (Wildman–Crippen LogP) is 2.73. The molecule has 0 fully saturated rings. The van der Waals surface area contributed by atoms with Crippen LogP contribution in [0.25, 0.3) is 0 Å². The molecule has 0 aliphatic carbocycles. The molecule has 0 radical (unpaired) electrons. The SMILES string of the molecule is CC(C)C(N)C(=O)OC(C)(C)CC(C)(C)C. The van der Waals surface area contributed by atoms with Crippen molar-refractivity contribution < 1.29 is 9.53 Å². The van der Waals surface area contributed by atoms with Gasteiger partial charge in [0.25, 0.3) is 0 Å². The molecule has 96 valence electrons. The topological polar surface area (TPSA) is 52.3 Å². The van der Waals surface area contributed by atoms with Gasteiger partial charge in [-0.1, -0.05) is 34.6 Å². The minimum Gasteiger partial charge on any atom is -0.458 e. The van der Waals surface area contributed by atoms with Crippen LogP contribution >= 0.6 is 0 Å². The van der Waals surface area contributed by atoms with Crippen molar-refractivity contribution in [2.75, 3.05) is 0 Å². The lowest BCUT2D eigenvalue weighted by molar-refractivity contribution is -0.161. The Morgan fingerprint density at radius 3 is 1.94 bits per heavy atom. The average Bonchev–Trinajstić information content (AvgIpc) is 1.96. The van der Waals surface area contributed by atoms with Gasteiger partial charge in [-0.15, -0.1) is 0 Å². The van der Waals surface area contributed by atoms with Crippen molar-refractivity contribution in [1.82, 2.24) is 0 Å². The van der Waals surface area contributed by atoms with Crippen LogP contribution in [0.1, 0.15) is 54.9 Å². The molecule has 0 aromatic heterocycles. The fourth-order valence-electron chi connectivity index (χ4n) is 1.93. The molecule has 0 spiro atoms. The number of hydrogen-bond acceptors (Lipinski definition) is 3. The summed E-state index contributed by atoms with van der Waals surface area (Å²) in [6, 6.07) is -0.528. The quantitative estimate of drug-likeness (QED) is 0.754. The summed E-state index contributed by atoms with van der Waals surface area (Å²) in [5, 5.41) is 0. The van der Waals surface area contributed by atoms with Crippen LogP contribution in [0, 0.1) is 11.3 Å². The minimum atomic E-state index is -0.528. The standard InChI is InChI=1S/C13H27NO2/c1-9(2)10(14)11(15)16-13(6,7)8-12(3,4)5/h9-10H,8,14H2,1-7H3. The van der Waals surface area contributed by atoms with Gasteiger partial charge in [0.1, 0.15) is 11.6 Å². The number of carbonyl (C=O) groups is 1. The highest BCUT2D eigenvalue weighted by Gasteiger charge is 2.31. The van der Waals surface area contributed by atoms with E-state index in [4.69, 9.17) is 10.5 Å². The summed E-state index contributed by atoms with van der Waals surface area (Å²) in [5.41, 5.74) is 5.43. The maximum atomic E-state index is 11.7. The number of carbonyl (C=O) groups excluding carboxylic acids is 1. The van der Waals surface area contributed by atoms with Gasteiger partial charge in [0.05, 0.1) is 0 Å². The van der Waals surface area contributed by atoms with E-state index in [0.29, 0.717) is 0 Å². The van der Waals surface area contributed by atoms with Crippen molar-refractivity contribution in [1.29, 1.82) is 0 Å². The summed E-state index contributed by atoms with van der Waals surface area (Å²) >= 11 is 0. The van der Waals surface area contributed by atoms with Gasteiger partial charge in [0, 0.05) is 0 Å². The molecular formula is C13H27NO2. The molecule has 3 heteroatoms. The first-order valence-corrected chi connectivity index (χ1v) is 5.93. The number of esters is 1. The largest absolute Gasteiger partial charge is 0.458 e. The number of nitrogens with two attached hydrogens (primary N) is 1. The van der Waals surface area contributed by atoms with Gasteiger partial charge in [-0.25, -0.2) is 0 Å². The maximum absolute atomic E-state index is 11.7. The molecule has 0 heterocycles. The molecule has 0 saturated heterocycles. The first-order chi connectivity index (χ1) is 6.94. The van der Waals surface area contributed by atoms with Gasteiger partial charge in [0.2, 0.25) is 0 Å². The lowest BCUT2D eigenvalue weighted by Crippen LogP contribution is -2.42. The number of ether oxygens (including phenoxy) is 1. The lowest BCUT2D eigenvalue weighted by Gasteiger charge is -2.33. The Balaban J connectivity index is 4.42. The molecule has 0 aliphatic rings. The van der Waals surface area contributed by atoms with Gasteiger partial charge in [-0.2, -0.15) is 0 Å². The third kappa shape index (κ3) is 6.11. The Bertz CT molecular complexity index is 239. The van der Waals surface area contributed by atoms with Crippen LogP contribution in [0.4, 0.5) is 0 Å². The minimum absolute atomic E-state index is 0.109. The third-order valence-electron chi connectivity index (χ3n) is 2.32. The van der Waals surface area contributed by atoms with Crippen molar-refractivity contribution in [2.45, 2.75) is 66.5 Å². The second kappa shape index (κ2) is 5.17. The Morgan fingerprint density at radius 1 is 1.19 bits per heavy atom. The number of rotatable bonds is 4. The lowest BCUT2D eigenvalue weighted by atomic mass is 9.83. The van der Waals surface area contributed by atoms with Gasteiger partial charge in [0.15, 0.2) is 0 Å². The summed E-state index contributed by atoms with van der Waals surface area (Å²) < 4.78 is 5.47. The smallest absolute Gasteiger partial charge is 0.323 e. The van der Waals surface area contributed by atoms with Crippen LogP contribution in [-0.2, 0) is 9.53 Å². The van der Waals surface area contributed by atoms with E-state index in [1.54, 1.807) is 0 Å². The molecule has 0 aromatic rings. The van der Waals surface area contributed by atoms with Gasteiger partial charge in [-0.05, 0) is 31.6 Å². The van der Waals surface area contributed by atoms with Crippen molar-refractivity contribution in [3.05, 3.63) is 0 Å². The number of hydrogen-bond donors (Lipinski definition) is 1. The Kier molecular flexibility index (Phi) is 4.99. The van der Waals surface area contributed by atoms with Gasteiger partial charge in [-0.3, -0.25) is 4.79 Å². The summed E-state index contributed by atoms with van der Waals surface area (Å²) in [4.78, 5) is 11.7. The first-order valence-electron chi connectivity index (χ1n) is 5.93. The van der Waals surface area contributed by atoms with Crippen LogP contribution < -0.4 is 5.73 Å². The van der Waals surface area contributed by atoms with E-state index in [1.807, 2.05) is 27.7 Å². The van der Waals surface area contributed by atoms with Crippen molar-refractivity contribution >= 4 is 5.97 Å². The van der Waals surface area contributed by atoms with Crippen LogP contribution in [0.3, 0.4) is 0 Å². The zero-order chi connectivity index (χ0) is 13.1. The highest BCUT2D eigenvalue weighted by Crippen LogP contribution is 2.29. The van der Waals surface area contributed by atoms with Crippen LogP contribution in [0.15, 0.2) is 0 Å². The third-order valence-corrected chi connectivity index (χ3v) is 2.32. The van der Waals surface area contributed by atoms with Crippen LogP contribution in [0.5, 0.6) is 0 Å². The molecule has 0 amide bonds. The summed E-state index contributed by atoms with van der Waals surface area (Å²) in [5.74, 6) is -0.192. The highest BCUT2D eigenvalue weighted by molar-refractivity contribution is 5.76. The fraction of sp³-hybridized carbons (Fsp3) is 0.923. The molecular weight excluding hydrogens is 202 g/mol. The molecule has 2 N–H and O–H groups in total. The normalized spacial score (nSPS) is 15.1. The van der Waals surface area contributed by atoms with E-state index < -0.39 is 11.6 Å². The maximum Gasteiger partial charge on any atom is 0.323 e. The van der Waals surface area contributed by atoms with E-state index in [0.717, 1.165) is 6.42 Å². The van der Waals surface area contributed by atoms with E-state index in [9.17, 15) is 4.79 Å². The van der Waals surface area contributed by atoms with Gasteiger partial charge < -0.3 is 10.5 Å². The highest BCUT2D eigenvalue weighted by atomic mass is 16.6. The molecule has 0 aromatic carbocycles. The zero-order valence-corrected chi connectivity index (χ0v) is 11.8. The van der Waals surface area contributed by atoms with Crippen molar-refractivity contribution in [3.8, 4) is 0 Å². The fourth-order valence-corrected chi connectivity index (χ4v) is 1.93. The van der Waals surface area contributed by atoms with Crippen molar-refractivity contribution in [2.24, 2.45) is 17.1 Å². The molecule has 3 nitrogen and oxygen atoms in total.